The molecule has 0 atom stereocenters. The van der Waals surface area contributed by atoms with Gasteiger partial charge in [0.25, 0.3) is 5.91 Å². The SMILES string of the molecule is Cc1cc(C)c(C)c(Oc2nc(C(N)=O)ccc2N)c1. The van der Waals surface area contributed by atoms with Gasteiger partial charge < -0.3 is 16.2 Å². The zero-order valence-electron chi connectivity index (χ0n) is 11.7. The van der Waals surface area contributed by atoms with Crippen LogP contribution in [0.25, 0.3) is 0 Å². The number of rotatable bonds is 3. The second-order valence-corrected chi connectivity index (χ2v) is 4.76. The number of benzene rings is 1. The number of anilines is 1. The minimum Gasteiger partial charge on any atom is -0.437 e. The molecule has 5 heteroatoms. The van der Waals surface area contributed by atoms with Gasteiger partial charge >= 0.3 is 0 Å². The number of hydrogen-bond donors (Lipinski definition) is 2. The Kier molecular flexibility index (Phi) is 3.61. The van der Waals surface area contributed by atoms with Gasteiger partial charge in [0, 0.05) is 0 Å². The number of nitrogens with two attached hydrogens (primary N) is 2. The van der Waals surface area contributed by atoms with Gasteiger partial charge in [0.05, 0.1) is 5.69 Å². The molecular formula is C15H17N3O2. The number of amides is 1. The predicted molar refractivity (Wildman–Crippen MR) is 77.9 cm³/mol. The highest BCUT2D eigenvalue weighted by molar-refractivity contribution is 5.91. The lowest BCUT2D eigenvalue weighted by Gasteiger charge is -2.13. The van der Waals surface area contributed by atoms with Gasteiger partial charge in [-0.2, -0.15) is 0 Å². The highest BCUT2D eigenvalue weighted by atomic mass is 16.5. The van der Waals surface area contributed by atoms with E-state index in [0.29, 0.717) is 11.4 Å². The quantitative estimate of drug-likeness (QED) is 0.897. The van der Waals surface area contributed by atoms with E-state index in [0.717, 1.165) is 16.7 Å². The third-order valence-electron chi connectivity index (χ3n) is 3.11. The van der Waals surface area contributed by atoms with E-state index < -0.39 is 5.91 Å². The van der Waals surface area contributed by atoms with Crippen LogP contribution < -0.4 is 16.2 Å². The molecule has 1 aromatic heterocycles. The van der Waals surface area contributed by atoms with E-state index in [-0.39, 0.29) is 11.6 Å². The number of carbonyl (C=O) groups is 1. The Morgan fingerprint density at radius 1 is 1.20 bits per heavy atom. The van der Waals surface area contributed by atoms with E-state index in [2.05, 4.69) is 11.1 Å². The van der Waals surface area contributed by atoms with Crippen molar-refractivity contribution in [3.8, 4) is 11.6 Å². The van der Waals surface area contributed by atoms with Crippen LogP contribution in [0.2, 0.25) is 0 Å². The summed E-state index contributed by atoms with van der Waals surface area (Å²) in [5.74, 6) is 0.240. The monoisotopic (exact) mass is 271 g/mol. The molecule has 0 saturated carbocycles. The molecule has 0 saturated heterocycles. The number of nitrogens with zero attached hydrogens (tertiary/aromatic N) is 1. The van der Waals surface area contributed by atoms with E-state index in [1.165, 1.54) is 6.07 Å². The second kappa shape index (κ2) is 5.21. The molecule has 2 aromatic rings. The van der Waals surface area contributed by atoms with Crippen molar-refractivity contribution in [3.63, 3.8) is 0 Å². The van der Waals surface area contributed by atoms with Crippen LogP contribution in [0.4, 0.5) is 5.69 Å². The molecule has 5 nitrogen and oxygen atoms in total. The van der Waals surface area contributed by atoms with Crippen molar-refractivity contribution in [1.29, 1.82) is 0 Å². The largest absolute Gasteiger partial charge is 0.437 e. The normalized spacial score (nSPS) is 10.3. The first-order valence-corrected chi connectivity index (χ1v) is 6.20. The third-order valence-corrected chi connectivity index (χ3v) is 3.11. The molecule has 0 unspecified atom stereocenters. The number of pyridine rings is 1. The van der Waals surface area contributed by atoms with Gasteiger partial charge in [0.2, 0.25) is 5.88 Å². The Morgan fingerprint density at radius 2 is 1.90 bits per heavy atom. The maximum atomic E-state index is 11.2. The van der Waals surface area contributed by atoms with Crippen LogP contribution in [-0.4, -0.2) is 10.9 Å². The number of primary amides is 1. The summed E-state index contributed by atoms with van der Waals surface area (Å²) in [4.78, 5) is 15.2. The number of ether oxygens (including phenoxy) is 1. The molecule has 1 aromatic carbocycles. The van der Waals surface area contributed by atoms with Crippen molar-refractivity contribution < 1.29 is 9.53 Å². The van der Waals surface area contributed by atoms with Crippen LogP contribution in [0.15, 0.2) is 24.3 Å². The van der Waals surface area contributed by atoms with Gasteiger partial charge in [-0.25, -0.2) is 4.98 Å². The van der Waals surface area contributed by atoms with E-state index in [9.17, 15) is 4.79 Å². The summed E-state index contributed by atoms with van der Waals surface area (Å²) >= 11 is 0. The lowest BCUT2D eigenvalue weighted by atomic mass is 10.1. The van der Waals surface area contributed by atoms with Gasteiger partial charge in [0.1, 0.15) is 11.4 Å². The molecule has 0 radical (unpaired) electrons. The summed E-state index contributed by atoms with van der Waals surface area (Å²) in [6.45, 7) is 5.94. The Balaban J connectivity index is 2.44. The van der Waals surface area contributed by atoms with Crippen LogP contribution in [0.5, 0.6) is 11.6 Å². The summed E-state index contributed by atoms with van der Waals surface area (Å²) in [6, 6.07) is 7.00. The number of aromatic nitrogens is 1. The van der Waals surface area contributed by atoms with Crippen molar-refractivity contribution in [3.05, 3.63) is 46.6 Å². The fraction of sp³-hybridized carbons (Fsp3) is 0.200. The van der Waals surface area contributed by atoms with E-state index in [1.807, 2.05) is 26.8 Å². The van der Waals surface area contributed by atoms with Crippen LogP contribution in [0.3, 0.4) is 0 Å². The number of aryl methyl sites for hydroxylation is 2. The number of nitrogen functional groups attached to an aromatic ring is 1. The molecule has 0 aliphatic carbocycles. The fourth-order valence-electron chi connectivity index (χ4n) is 1.88. The molecular weight excluding hydrogens is 254 g/mol. The Bertz CT molecular complexity index is 681. The standard InChI is InChI=1S/C15H17N3O2/c1-8-6-9(2)10(3)13(7-8)20-15-11(16)4-5-12(18-15)14(17)19/h4-7H,16H2,1-3H3,(H2,17,19). The maximum Gasteiger partial charge on any atom is 0.267 e. The molecule has 2 rings (SSSR count). The lowest BCUT2D eigenvalue weighted by Crippen LogP contribution is -2.13. The molecule has 4 N–H and O–H groups in total. The molecule has 0 spiro atoms. The van der Waals surface area contributed by atoms with Gasteiger partial charge in [-0.1, -0.05) is 6.07 Å². The first-order valence-electron chi connectivity index (χ1n) is 6.20. The first kappa shape index (κ1) is 13.9. The summed E-state index contributed by atoms with van der Waals surface area (Å²) < 4.78 is 5.75. The van der Waals surface area contributed by atoms with Crippen molar-refractivity contribution in [2.45, 2.75) is 20.8 Å². The summed E-state index contributed by atoms with van der Waals surface area (Å²) in [7, 11) is 0. The first-order chi connectivity index (χ1) is 9.38. The van der Waals surface area contributed by atoms with E-state index >= 15 is 0 Å². The molecule has 20 heavy (non-hydrogen) atoms. The van der Waals surface area contributed by atoms with Crippen LogP contribution in [0.1, 0.15) is 27.2 Å². The number of carbonyl (C=O) groups excluding carboxylic acids is 1. The van der Waals surface area contributed by atoms with Gasteiger partial charge in [-0.3, -0.25) is 4.79 Å². The van der Waals surface area contributed by atoms with E-state index in [1.54, 1.807) is 6.07 Å². The van der Waals surface area contributed by atoms with Crippen molar-refractivity contribution in [2.75, 3.05) is 5.73 Å². The Hall–Kier alpha value is -2.56. The molecule has 1 amide bonds. The summed E-state index contributed by atoms with van der Waals surface area (Å²) in [5.41, 5.74) is 14.7. The van der Waals surface area contributed by atoms with Crippen molar-refractivity contribution in [1.82, 2.24) is 4.98 Å². The van der Waals surface area contributed by atoms with Gasteiger partial charge in [-0.05, 0) is 55.7 Å². The zero-order chi connectivity index (χ0) is 14.9. The van der Waals surface area contributed by atoms with Crippen LogP contribution in [0, 0.1) is 20.8 Å². The van der Waals surface area contributed by atoms with Crippen molar-refractivity contribution in [2.24, 2.45) is 5.73 Å². The predicted octanol–water partition coefficient (Wildman–Crippen LogP) is 2.48. The van der Waals surface area contributed by atoms with E-state index in [4.69, 9.17) is 16.2 Å². The minimum absolute atomic E-state index is 0.122. The Morgan fingerprint density at radius 3 is 2.55 bits per heavy atom. The van der Waals surface area contributed by atoms with Gasteiger partial charge in [-0.15, -0.1) is 0 Å². The molecule has 0 aliphatic rings. The fourth-order valence-corrected chi connectivity index (χ4v) is 1.88. The number of hydrogen-bond acceptors (Lipinski definition) is 4. The molecule has 0 fully saturated rings. The topological polar surface area (TPSA) is 91.2 Å². The van der Waals surface area contributed by atoms with Crippen LogP contribution in [-0.2, 0) is 0 Å². The van der Waals surface area contributed by atoms with Gasteiger partial charge in [0.15, 0.2) is 0 Å². The molecule has 1 heterocycles. The highest BCUT2D eigenvalue weighted by Crippen LogP contribution is 2.30. The van der Waals surface area contributed by atoms with Crippen LogP contribution >= 0.6 is 0 Å². The summed E-state index contributed by atoms with van der Waals surface area (Å²) in [6.07, 6.45) is 0. The summed E-state index contributed by atoms with van der Waals surface area (Å²) in [5, 5.41) is 0. The minimum atomic E-state index is -0.619. The average molecular weight is 271 g/mol. The zero-order valence-corrected chi connectivity index (χ0v) is 11.7. The van der Waals surface area contributed by atoms with Crippen molar-refractivity contribution >= 4 is 11.6 Å². The average Bonchev–Trinajstić information content (AvgIpc) is 2.37. The lowest BCUT2D eigenvalue weighted by molar-refractivity contribution is 0.0995. The highest BCUT2D eigenvalue weighted by Gasteiger charge is 2.11. The molecule has 104 valence electrons. The molecule has 0 aliphatic heterocycles. The second-order valence-electron chi connectivity index (χ2n) is 4.76. The maximum absolute atomic E-state index is 11.2. The molecule has 0 bridgehead atoms. The third kappa shape index (κ3) is 2.71. The smallest absolute Gasteiger partial charge is 0.267 e. The Labute approximate surface area is 117 Å².